The Morgan fingerprint density at radius 1 is 0.941 bits per heavy atom. The number of hydrogen-bond acceptors (Lipinski definition) is 4. The lowest BCUT2D eigenvalue weighted by Gasteiger charge is -2.09. The molecule has 0 radical (unpaired) electrons. The van der Waals surface area contributed by atoms with Gasteiger partial charge in [-0.2, -0.15) is 0 Å². The van der Waals surface area contributed by atoms with Gasteiger partial charge in [-0.1, -0.05) is 42.5 Å². The fraction of sp³-hybridized carbons (Fsp3) is 0.148. The molecule has 0 fully saturated rings. The molecule has 0 saturated heterocycles. The lowest BCUT2D eigenvalue weighted by Crippen LogP contribution is -2.22. The van der Waals surface area contributed by atoms with Crippen LogP contribution in [0.4, 0.5) is 10.1 Å². The zero-order valence-corrected chi connectivity index (χ0v) is 18.5. The first-order chi connectivity index (χ1) is 16.6. The molecule has 2 N–H and O–H groups in total. The number of benzene rings is 3. The number of aryl methyl sites for hydroxylation is 1. The van der Waals surface area contributed by atoms with Crippen molar-refractivity contribution < 1.29 is 18.4 Å². The summed E-state index contributed by atoms with van der Waals surface area (Å²) in [5.41, 5.74) is 2.78. The molecule has 0 bridgehead atoms. The van der Waals surface area contributed by atoms with E-state index in [-0.39, 0.29) is 11.8 Å². The molecule has 0 spiro atoms. The lowest BCUT2D eigenvalue weighted by atomic mass is 10.1. The van der Waals surface area contributed by atoms with Crippen LogP contribution in [0.5, 0.6) is 0 Å². The van der Waals surface area contributed by atoms with Crippen molar-refractivity contribution in [3.8, 4) is 11.3 Å². The van der Waals surface area contributed by atoms with Gasteiger partial charge in [0.2, 0.25) is 5.91 Å². The van der Waals surface area contributed by atoms with E-state index in [9.17, 15) is 14.0 Å². The van der Waals surface area contributed by atoms with E-state index >= 15 is 0 Å². The summed E-state index contributed by atoms with van der Waals surface area (Å²) in [5.74, 6) is 0.521. The van der Waals surface area contributed by atoms with Crippen LogP contribution in [0.1, 0.15) is 34.7 Å². The van der Waals surface area contributed by atoms with Crippen LogP contribution in [0.2, 0.25) is 0 Å². The zero-order valence-electron chi connectivity index (χ0n) is 18.5. The third kappa shape index (κ3) is 6.38. The average molecular weight is 458 g/mol. The van der Waals surface area contributed by atoms with Crippen molar-refractivity contribution in [2.24, 2.45) is 0 Å². The number of rotatable bonds is 9. The largest absolute Gasteiger partial charge is 0.441 e. The van der Waals surface area contributed by atoms with Gasteiger partial charge in [-0.15, -0.1) is 0 Å². The first kappa shape index (κ1) is 22.9. The highest BCUT2D eigenvalue weighted by atomic mass is 19.1. The third-order valence-electron chi connectivity index (χ3n) is 5.19. The number of halogens is 1. The minimum Gasteiger partial charge on any atom is -0.441 e. The molecule has 1 aromatic heterocycles. The topological polar surface area (TPSA) is 84.2 Å². The van der Waals surface area contributed by atoms with E-state index in [1.165, 1.54) is 24.3 Å². The number of anilines is 1. The Bertz CT molecular complexity index is 1250. The van der Waals surface area contributed by atoms with Gasteiger partial charge in [-0.25, -0.2) is 9.37 Å². The van der Waals surface area contributed by atoms with Crippen LogP contribution in [0.3, 0.4) is 0 Å². The molecule has 0 aliphatic rings. The van der Waals surface area contributed by atoms with E-state index in [0.717, 1.165) is 11.1 Å². The number of hydrogen-bond donors (Lipinski definition) is 2. The molecule has 0 atom stereocenters. The summed E-state index contributed by atoms with van der Waals surface area (Å²) in [6.45, 7) is 0.344. The van der Waals surface area contributed by atoms with Crippen molar-refractivity contribution in [2.75, 3.05) is 5.32 Å². The molecular formula is C27H24FN3O3. The highest BCUT2D eigenvalue weighted by Gasteiger charge is 2.09. The molecule has 172 valence electrons. The molecule has 2 amide bonds. The summed E-state index contributed by atoms with van der Waals surface area (Å²) in [6, 6.07) is 22.3. The Kier molecular flexibility index (Phi) is 7.45. The SMILES string of the molecule is O=C(CCCc1ncc(-c2ccccc2)o1)NCc1cccc(NC(=O)c2ccc(F)cc2)c1. The summed E-state index contributed by atoms with van der Waals surface area (Å²) in [5, 5.41) is 5.67. The predicted molar refractivity (Wildman–Crippen MR) is 128 cm³/mol. The van der Waals surface area contributed by atoms with E-state index in [0.29, 0.717) is 48.7 Å². The third-order valence-corrected chi connectivity index (χ3v) is 5.19. The Morgan fingerprint density at radius 2 is 1.74 bits per heavy atom. The standard InChI is InChI=1S/C27H24FN3O3/c28-22-14-12-21(13-15-22)27(33)31-23-9-4-6-19(16-23)17-29-25(32)10-5-11-26-30-18-24(34-26)20-7-2-1-3-8-20/h1-4,6-9,12-16,18H,5,10-11,17H2,(H,29,32)(H,31,33). The average Bonchev–Trinajstić information content (AvgIpc) is 3.33. The predicted octanol–water partition coefficient (Wildman–Crippen LogP) is 5.37. The van der Waals surface area contributed by atoms with Gasteiger partial charge in [0.15, 0.2) is 11.7 Å². The molecule has 0 unspecified atom stereocenters. The number of carbonyl (C=O) groups excluding carboxylic acids is 2. The van der Waals surface area contributed by atoms with Crippen LogP contribution in [0.25, 0.3) is 11.3 Å². The molecule has 3 aromatic carbocycles. The van der Waals surface area contributed by atoms with E-state index in [4.69, 9.17) is 4.42 Å². The second-order valence-electron chi connectivity index (χ2n) is 7.78. The first-order valence-electron chi connectivity index (χ1n) is 11.0. The van der Waals surface area contributed by atoms with E-state index in [2.05, 4.69) is 15.6 Å². The fourth-order valence-electron chi connectivity index (χ4n) is 3.41. The summed E-state index contributed by atoms with van der Waals surface area (Å²) in [7, 11) is 0. The van der Waals surface area contributed by atoms with Crippen molar-refractivity contribution in [1.82, 2.24) is 10.3 Å². The van der Waals surface area contributed by atoms with Gasteiger partial charge < -0.3 is 15.1 Å². The van der Waals surface area contributed by atoms with Crippen LogP contribution in [-0.2, 0) is 17.8 Å². The summed E-state index contributed by atoms with van der Waals surface area (Å²) >= 11 is 0. The Labute approximate surface area is 196 Å². The van der Waals surface area contributed by atoms with Gasteiger partial charge in [0.05, 0.1) is 6.20 Å². The minimum atomic E-state index is -0.397. The summed E-state index contributed by atoms with van der Waals surface area (Å²) in [4.78, 5) is 28.8. The quantitative estimate of drug-likeness (QED) is 0.354. The molecule has 0 aliphatic heterocycles. The van der Waals surface area contributed by atoms with Crippen LogP contribution in [0.15, 0.2) is 89.5 Å². The second kappa shape index (κ2) is 11.0. The molecule has 34 heavy (non-hydrogen) atoms. The van der Waals surface area contributed by atoms with Gasteiger partial charge in [0.25, 0.3) is 5.91 Å². The smallest absolute Gasteiger partial charge is 0.255 e. The molecule has 4 aromatic rings. The van der Waals surface area contributed by atoms with Crippen molar-refractivity contribution >= 4 is 17.5 Å². The maximum absolute atomic E-state index is 13.0. The van der Waals surface area contributed by atoms with Crippen LogP contribution < -0.4 is 10.6 Å². The number of aromatic nitrogens is 1. The van der Waals surface area contributed by atoms with Gasteiger partial charge in [-0.3, -0.25) is 9.59 Å². The number of nitrogens with zero attached hydrogens (tertiary/aromatic N) is 1. The molecular weight excluding hydrogens is 433 g/mol. The van der Waals surface area contributed by atoms with Crippen molar-refractivity contribution in [1.29, 1.82) is 0 Å². The molecule has 7 heteroatoms. The lowest BCUT2D eigenvalue weighted by molar-refractivity contribution is -0.121. The van der Waals surface area contributed by atoms with E-state index in [1.807, 2.05) is 36.4 Å². The first-order valence-corrected chi connectivity index (χ1v) is 11.0. The van der Waals surface area contributed by atoms with Gasteiger partial charge in [0.1, 0.15) is 5.82 Å². The van der Waals surface area contributed by atoms with Gasteiger partial charge >= 0.3 is 0 Å². The van der Waals surface area contributed by atoms with Gasteiger partial charge in [-0.05, 0) is 48.4 Å². The number of oxazole rings is 1. The summed E-state index contributed by atoms with van der Waals surface area (Å²) < 4.78 is 18.8. The van der Waals surface area contributed by atoms with Crippen molar-refractivity contribution in [3.05, 3.63) is 108 Å². The number of nitrogens with one attached hydrogen (secondary N) is 2. The normalized spacial score (nSPS) is 10.6. The Hall–Kier alpha value is -4.26. The zero-order chi connectivity index (χ0) is 23.8. The maximum atomic E-state index is 13.0. The highest BCUT2D eigenvalue weighted by Crippen LogP contribution is 2.20. The molecule has 0 saturated carbocycles. The second-order valence-corrected chi connectivity index (χ2v) is 7.78. The maximum Gasteiger partial charge on any atom is 0.255 e. The van der Waals surface area contributed by atoms with Crippen LogP contribution in [-0.4, -0.2) is 16.8 Å². The van der Waals surface area contributed by atoms with Crippen molar-refractivity contribution in [3.63, 3.8) is 0 Å². The Balaban J connectivity index is 1.21. The van der Waals surface area contributed by atoms with E-state index in [1.54, 1.807) is 24.4 Å². The molecule has 6 nitrogen and oxygen atoms in total. The number of carbonyl (C=O) groups is 2. The Morgan fingerprint density at radius 3 is 2.53 bits per heavy atom. The summed E-state index contributed by atoms with van der Waals surface area (Å²) in [6.07, 6.45) is 3.25. The van der Waals surface area contributed by atoms with E-state index < -0.39 is 5.82 Å². The fourth-order valence-corrected chi connectivity index (χ4v) is 3.41. The highest BCUT2D eigenvalue weighted by molar-refractivity contribution is 6.04. The molecule has 0 aliphatic carbocycles. The monoisotopic (exact) mass is 457 g/mol. The van der Waals surface area contributed by atoms with Crippen LogP contribution in [0, 0.1) is 5.82 Å². The number of amides is 2. The van der Waals surface area contributed by atoms with Crippen LogP contribution >= 0.6 is 0 Å². The minimum absolute atomic E-state index is 0.0735. The molecule has 4 rings (SSSR count). The van der Waals surface area contributed by atoms with Crippen molar-refractivity contribution in [2.45, 2.75) is 25.8 Å². The molecule has 1 heterocycles. The van der Waals surface area contributed by atoms with Gasteiger partial charge in [0, 0.05) is 36.2 Å².